The van der Waals surface area contributed by atoms with Crippen LogP contribution in [0.15, 0.2) is 40.9 Å². The normalized spacial score (nSPS) is 17.7. The van der Waals surface area contributed by atoms with Gasteiger partial charge in [-0.3, -0.25) is 24.4 Å². The van der Waals surface area contributed by atoms with Crippen LogP contribution in [0.4, 0.5) is 14.5 Å². The Bertz CT molecular complexity index is 1350. The van der Waals surface area contributed by atoms with Gasteiger partial charge in [-0.05, 0) is 49.7 Å². The Morgan fingerprint density at radius 1 is 1.08 bits per heavy atom. The van der Waals surface area contributed by atoms with E-state index in [0.29, 0.717) is 29.0 Å². The summed E-state index contributed by atoms with van der Waals surface area (Å²) < 4.78 is 35.6. The Labute approximate surface area is 224 Å². The molecule has 2 aromatic heterocycles. The van der Waals surface area contributed by atoms with Gasteiger partial charge in [0.2, 0.25) is 11.8 Å². The lowest BCUT2D eigenvalue weighted by Crippen LogP contribution is -2.51. The molecule has 4 heterocycles. The zero-order valence-corrected chi connectivity index (χ0v) is 22.1. The van der Waals surface area contributed by atoms with E-state index in [-0.39, 0.29) is 24.2 Å². The maximum Gasteiger partial charge on any atom is 0.314 e. The van der Waals surface area contributed by atoms with Crippen molar-refractivity contribution in [1.29, 1.82) is 0 Å². The predicted molar refractivity (Wildman–Crippen MR) is 137 cm³/mol. The predicted octanol–water partition coefficient (Wildman–Crippen LogP) is 3.30. The first-order valence-corrected chi connectivity index (χ1v) is 12.7. The summed E-state index contributed by atoms with van der Waals surface area (Å²) in [6, 6.07) is 8.89. The number of pyridine rings is 1. The average Bonchev–Trinajstić information content (AvgIpc) is 3.45. The summed E-state index contributed by atoms with van der Waals surface area (Å²) in [6.07, 6.45) is -1.48. The van der Waals surface area contributed by atoms with Gasteiger partial charge in [0.1, 0.15) is 0 Å². The van der Waals surface area contributed by atoms with Crippen LogP contribution in [0.3, 0.4) is 0 Å². The quantitative estimate of drug-likeness (QED) is 0.398. The van der Waals surface area contributed by atoms with Crippen molar-refractivity contribution in [2.75, 3.05) is 51.3 Å². The number of nitrogens with zero attached hydrogens (tertiary/aromatic N) is 6. The molecule has 2 aliphatic rings. The van der Waals surface area contributed by atoms with Crippen LogP contribution in [0.5, 0.6) is 0 Å². The van der Waals surface area contributed by atoms with Gasteiger partial charge in [-0.15, -0.1) is 10.2 Å². The van der Waals surface area contributed by atoms with Gasteiger partial charge < -0.3 is 14.1 Å². The molecule has 5 rings (SSSR count). The minimum atomic E-state index is -2.87. The minimum Gasteiger partial charge on any atom is -0.415 e. The van der Waals surface area contributed by atoms with Gasteiger partial charge in [0.05, 0.1) is 29.8 Å². The zero-order valence-electron chi connectivity index (χ0n) is 22.1. The number of carbonyl (C=O) groups excluding carboxylic acids is 2. The van der Waals surface area contributed by atoms with Crippen LogP contribution in [-0.4, -0.2) is 83.2 Å². The summed E-state index contributed by atoms with van der Waals surface area (Å²) in [5.41, 5.74) is 2.08. The number of ether oxygens (including phenoxy) is 1. The number of imide groups is 1. The lowest BCUT2D eigenvalue weighted by atomic mass is 9.77. The number of methoxy groups -OCH3 is 1. The third kappa shape index (κ3) is 5.26. The van der Waals surface area contributed by atoms with Crippen molar-refractivity contribution in [1.82, 2.24) is 25.0 Å². The molecular weight excluding hydrogens is 510 g/mol. The van der Waals surface area contributed by atoms with E-state index in [1.165, 1.54) is 11.1 Å². The first-order valence-electron chi connectivity index (χ1n) is 12.7. The number of halogens is 2. The number of aromatic nitrogens is 3. The van der Waals surface area contributed by atoms with Gasteiger partial charge in [0.15, 0.2) is 0 Å². The number of hydrogen-bond acceptors (Lipinski definition) is 9. The van der Waals surface area contributed by atoms with Gasteiger partial charge in [-0.1, -0.05) is 0 Å². The van der Waals surface area contributed by atoms with E-state index in [9.17, 15) is 18.4 Å². The highest BCUT2D eigenvalue weighted by atomic mass is 19.3. The highest BCUT2D eigenvalue weighted by molar-refractivity contribution is 6.13. The number of carbonyl (C=O) groups is 2. The van der Waals surface area contributed by atoms with Gasteiger partial charge >= 0.3 is 6.43 Å². The molecule has 10 nitrogen and oxygen atoms in total. The fourth-order valence-electron chi connectivity index (χ4n) is 4.96. The van der Waals surface area contributed by atoms with E-state index in [1.807, 2.05) is 26.0 Å². The van der Waals surface area contributed by atoms with Crippen molar-refractivity contribution in [3.63, 3.8) is 0 Å². The Hall–Kier alpha value is -3.77. The molecule has 2 aliphatic heterocycles. The molecule has 0 saturated carbocycles. The van der Waals surface area contributed by atoms with Crippen LogP contribution in [0.25, 0.3) is 11.5 Å². The summed E-state index contributed by atoms with van der Waals surface area (Å²) >= 11 is 0. The van der Waals surface area contributed by atoms with Crippen LogP contribution in [-0.2, 0) is 21.5 Å². The van der Waals surface area contributed by atoms with Crippen molar-refractivity contribution in [2.45, 2.75) is 32.2 Å². The van der Waals surface area contributed by atoms with Crippen molar-refractivity contribution >= 4 is 17.5 Å². The largest absolute Gasteiger partial charge is 0.415 e. The lowest BCUT2D eigenvalue weighted by Gasteiger charge is -2.39. The van der Waals surface area contributed by atoms with Crippen LogP contribution < -0.4 is 4.90 Å². The van der Waals surface area contributed by atoms with E-state index >= 15 is 0 Å². The van der Waals surface area contributed by atoms with E-state index in [0.717, 1.165) is 38.4 Å². The van der Waals surface area contributed by atoms with Gasteiger partial charge in [0.25, 0.3) is 11.8 Å². The highest BCUT2D eigenvalue weighted by Gasteiger charge is 2.44. The standard InChI is InChI=1S/C27H30F2N6O4/c1-27(2)21-14-19(34-10-8-33(9-11-34)12-13-38-3)6-7-20(21)25(36)35(26(27)37)16-18-5-4-17(15-30-18)23-31-32-24(39-23)22(28)29/h4-7,14-15,22H,8-13,16H2,1-3H3. The molecule has 1 aromatic carbocycles. The molecule has 0 atom stereocenters. The van der Waals surface area contributed by atoms with Gasteiger partial charge in [0, 0.05) is 57.3 Å². The van der Waals surface area contributed by atoms with E-state index in [1.54, 1.807) is 25.3 Å². The summed E-state index contributed by atoms with van der Waals surface area (Å²) in [4.78, 5) is 37.1. The summed E-state index contributed by atoms with van der Waals surface area (Å²) in [6.45, 7) is 8.76. The maximum absolute atomic E-state index is 13.6. The molecule has 0 spiro atoms. The second kappa shape index (κ2) is 10.8. The first-order chi connectivity index (χ1) is 18.7. The molecule has 0 bridgehead atoms. The SMILES string of the molecule is COCCN1CCN(c2ccc3c(c2)C(C)(C)C(=O)N(Cc2ccc(-c4nnc(C(F)F)o4)cn2)C3=O)CC1. The van der Waals surface area contributed by atoms with Crippen LogP contribution in [0.1, 0.15) is 47.8 Å². The number of benzene rings is 1. The third-order valence-electron chi connectivity index (χ3n) is 7.30. The van der Waals surface area contributed by atoms with E-state index in [2.05, 4.69) is 25.0 Å². The van der Waals surface area contributed by atoms with Crippen LogP contribution in [0.2, 0.25) is 0 Å². The fraction of sp³-hybridized carbons (Fsp3) is 0.444. The smallest absolute Gasteiger partial charge is 0.314 e. The number of alkyl halides is 2. The van der Waals surface area contributed by atoms with Crippen LogP contribution >= 0.6 is 0 Å². The fourth-order valence-corrected chi connectivity index (χ4v) is 4.96. The second-order valence-corrected chi connectivity index (χ2v) is 10.2. The number of fused-ring (bicyclic) bond motifs is 1. The number of amides is 2. The molecule has 0 aliphatic carbocycles. The monoisotopic (exact) mass is 540 g/mol. The van der Waals surface area contributed by atoms with E-state index in [4.69, 9.17) is 9.15 Å². The number of piperazine rings is 1. The molecule has 0 radical (unpaired) electrons. The topological polar surface area (TPSA) is 105 Å². The van der Waals surface area contributed by atoms with Crippen molar-refractivity contribution < 1.29 is 27.5 Å². The Balaban J connectivity index is 1.32. The van der Waals surface area contributed by atoms with Crippen LogP contribution in [0, 0.1) is 0 Å². The molecule has 206 valence electrons. The second-order valence-electron chi connectivity index (χ2n) is 10.2. The molecule has 0 N–H and O–H groups in total. The van der Waals surface area contributed by atoms with Crippen molar-refractivity contribution in [3.05, 3.63) is 59.2 Å². The Morgan fingerprint density at radius 3 is 2.49 bits per heavy atom. The molecule has 12 heteroatoms. The van der Waals surface area contributed by atoms with E-state index < -0.39 is 17.7 Å². The summed E-state index contributed by atoms with van der Waals surface area (Å²) in [5, 5.41) is 6.92. The highest BCUT2D eigenvalue weighted by Crippen LogP contribution is 2.37. The first kappa shape index (κ1) is 26.8. The maximum atomic E-state index is 13.6. The summed E-state index contributed by atoms with van der Waals surface area (Å²) in [5.74, 6) is -1.55. The zero-order chi connectivity index (χ0) is 27.7. The van der Waals surface area contributed by atoms with Crippen molar-refractivity contribution in [2.24, 2.45) is 0 Å². The number of hydrogen-bond donors (Lipinski definition) is 0. The lowest BCUT2D eigenvalue weighted by molar-refractivity contribution is -0.134. The summed E-state index contributed by atoms with van der Waals surface area (Å²) in [7, 11) is 1.70. The molecule has 1 fully saturated rings. The average molecular weight is 541 g/mol. The van der Waals surface area contributed by atoms with Crippen molar-refractivity contribution in [3.8, 4) is 11.5 Å². The number of anilines is 1. The molecule has 0 unspecified atom stereocenters. The molecule has 2 amide bonds. The van der Waals surface area contributed by atoms with Gasteiger partial charge in [-0.25, -0.2) is 0 Å². The van der Waals surface area contributed by atoms with Gasteiger partial charge in [-0.2, -0.15) is 8.78 Å². The third-order valence-corrected chi connectivity index (χ3v) is 7.30. The molecule has 1 saturated heterocycles. The molecular formula is C27H30F2N6O4. The molecule has 3 aromatic rings. The number of rotatable bonds is 8. The Kier molecular flexibility index (Phi) is 7.41. The minimum absolute atomic E-state index is 0.0296. The molecule has 39 heavy (non-hydrogen) atoms. The Morgan fingerprint density at radius 2 is 1.85 bits per heavy atom.